The Kier molecular flexibility index (Phi) is 2.44. The van der Waals surface area contributed by atoms with Crippen LogP contribution >= 0.6 is 0 Å². The number of rotatable bonds is 2. The van der Waals surface area contributed by atoms with E-state index in [2.05, 4.69) is 4.98 Å². The molecule has 1 aromatic rings. The molecule has 60 valence electrons. The summed E-state index contributed by atoms with van der Waals surface area (Å²) in [6.45, 7) is 1.88. The average Bonchev–Trinajstić information content (AvgIpc) is 2.05. The number of aromatic nitrogens is 1. The second-order valence-electron chi connectivity index (χ2n) is 2.41. The van der Waals surface area contributed by atoms with Gasteiger partial charge in [-0.25, -0.2) is 0 Å². The zero-order valence-electron chi connectivity index (χ0n) is 6.37. The summed E-state index contributed by atoms with van der Waals surface area (Å²) in [5.41, 5.74) is 0.615. The first-order valence-electron chi connectivity index (χ1n) is 3.60. The van der Waals surface area contributed by atoms with Crippen LogP contribution < -0.4 is 5.56 Å². The summed E-state index contributed by atoms with van der Waals surface area (Å²) in [7, 11) is 0. The van der Waals surface area contributed by atoms with E-state index in [9.17, 15) is 9.90 Å². The van der Waals surface area contributed by atoms with Crippen LogP contribution in [0.25, 0.3) is 0 Å². The van der Waals surface area contributed by atoms with Gasteiger partial charge in [-0.3, -0.25) is 4.79 Å². The van der Waals surface area contributed by atoms with Gasteiger partial charge in [0.2, 0.25) is 5.56 Å². The molecule has 0 spiro atoms. The van der Waals surface area contributed by atoms with Gasteiger partial charge in [-0.05, 0) is 18.1 Å². The van der Waals surface area contributed by atoms with Crippen molar-refractivity contribution >= 4 is 0 Å². The molecule has 1 atom stereocenters. The fraction of sp³-hybridized carbons (Fsp3) is 0.375. The second kappa shape index (κ2) is 3.34. The lowest BCUT2D eigenvalue weighted by Gasteiger charge is -2.05. The Hall–Kier alpha value is -1.09. The molecule has 1 rings (SSSR count). The van der Waals surface area contributed by atoms with Gasteiger partial charge in [0, 0.05) is 12.3 Å². The molecule has 0 aliphatic heterocycles. The minimum Gasteiger partial charge on any atom is -0.388 e. The van der Waals surface area contributed by atoms with E-state index in [1.807, 2.05) is 6.92 Å². The predicted octanol–water partition coefficient (Wildman–Crippen LogP) is 0.818. The Morgan fingerprint density at radius 3 is 2.82 bits per heavy atom. The minimum absolute atomic E-state index is 0.142. The van der Waals surface area contributed by atoms with E-state index in [0.717, 1.165) is 5.56 Å². The zero-order chi connectivity index (χ0) is 8.27. The quantitative estimate of drug-likeness (QED) is 0.660. The molecule has 0 saturated heterocycles. The molecule has 0 fully saturated rings. The van der Waals surface area contributed by atoms with E-state index in [4.69, 9.17) is 0 Å². The molecule has 2 N–H and O–H groups in total. The van der Waals surface area contributed by atoms with E-state index >= 15 is 0 Å². The first-order valence-corrected chi connectivity index (χ1v) is 3.60. The highest BCUT2D eigenvalue weighted by Crippen LogP contribution is 2.12. The fourth-order valence-corrected chi connectivity index (χ4v) is 0.866. The molecule has 0 aliphatic carbocycles. The summed E-state index contributed by atoms with van der Waals surface area (Å²) < 4.78 is 0. The van der Waals surface area contributed by atoms with Crippen LogP contribution in [0.15, 0.2) is 23.1 Å². The zero-order valence-corrected chi connectivity index (χ0v) is 6.37. The Bertz CT molecular complexity index is 259. The summed E-state index contributed by atoms with van der Waals surface area (Å²) in [6, 6.07) is 3.04. The minimum atomic E-state index is -0.466. The number of H-pyrrole nitrogens is 1. The van der Waals surface area contributed by atoms with Crippen molar-refractivity contribution in [1.82, 2.24) is 4.98 Å². The van der Waals surface area contributed by atoms with Crippen molar-refractivity contribution in [3.63, 3.8) is 0 Å². The molecular weight excluding hydrogens is 142 g/mol. The van der Waals surface area contributed by atoms with Crippen molar-refractivity contribution in [2.45, 2.75) is 19.4 Å². The average molecular weight is 153 g/mol. The lowest BCUT2D eigenvalue weighted by atomic mass is 10.1. The van der Waals surface area contributed by atoms with Gasteiger partial charge in [-0.2, -0.15) is 0 Å². The molecule has 0 unspecified atom stereocenters. The van der Waals surface area contributed by atoms with Crippen molar-refractivity contribution < 1.29 is 5.11 Å². The topological polar surface area (TPSA) is 53.1 Å². The van der Waals surface area contributed by atoms with Crippen molar-refractivity contribution in [3.05, 3.63) is 34.2 Å². The van der Waals surface area contributed by atoms with E-state index in [0.29, 0.717) is 6.42 Å². The molecule has 0 radical (unpaired) electrons. The van der Waals surface area contributed by atoms with Gasteiger partial charge < -0.3 is 10.1 Å². The number of aliphatic hydroxyl groups excluding tert-OH is 1. The molecule has 1 aromatic heterocycles. The van der Waals surface area contributed by atoms with Gasteiger partial charge in [0.25, 0.3) is 0 Å². The van der Waals surface area contributed by atoms with Crippen molar-refractivity contribution in [1.29, 1.82) is 0 Å². The highest BCUT2D eigenvalue weighted by atomic mass is 16.3. The Labute approximate surface area is 64.7 Å². The molecule has 0 aliphatic rings. The lowest BCUT2D eigenvalue weighted by molar-refractivity contribution is 0.173. The molecule has 3 heteroatoms. The van der Waals surface area contributed by atoms with Crippen LogP contribution in [0.4, 0.5) is 0 Å². The van der Waals surface area contributed by atoms with Crippen LogP contribution in [-0.4, -0.2) is 10.1 Å². The molecular formula is C8H11NO2. The normalized spacial score (nSPS) is 12.9. The van der Waals surface area contributed by atoms with Crippen LogP contribution in [-0.2, 0) is 0 Å². The standard InChI is InChI=1S/C8H11NO2/c1-2-7(10)6-3-4-8(11)9-5-6/h3-5,7,10H,2H2,1H3,(H,9,11)/t7-/m0/s1. The summed E-state index contributed by atoms with van der Waals surface area (Å²) in [4.78, 5) is 13.1. The molecule has 3 nitrogen and oxygen atoms in total. The number of aliphatic hydroxyl groups is 1. The van der Waals surface area contributed by atoms with E-state index < -0.39 is 6.10 Å². The Balaban J connectivity index is 2.89. The summed E-state index contributed by atoms with van der Waals surface area (Å²) in [6.07, 6.45) is 1.73. The van der Waals surface area contributed by atoms with Gasteiger partial charge in [0.1, 0.15) is 0 Å². The molecule has 1 heterocycles. The van der Waals surface area contributed by atoms with Crippen molar-refractivity contribution in [2.24, 2.45) is 0 Å². The molecule has 0 saturated carbocycles. The number of hydrogen-bond acceptors (Lipinski definition) is 2. The van der Waals surface area contributed by atoms with E-state index in [-0.39, 0.29) is 5.56 Å². The highest BCUT2D eigenvalue weighted by Gasteiger charge is 2.02. The predicted molar refractivity (Wildman–Crippen MR) is 42.3 cm³/mol. The van der Waals surface area contributed by atoms with Gasteiger partial charge in [0.15, 0.2) is 0 Å². The van der Waals surface area contributed by atoms with Crippen LogP contribution in [0.5, 0.6) is 0 Å². The number of hydrogen-bond donors (Lipinski definition) is 2. The van der Waals surface area contributed by atoms with Crippen LogP contribution in [0.1, 0.15) is 25.0 Å². The van der Waals surface area contributed by atoms with E-state index in [1.54, 1.807) is 6.07 Å². The lowest BCUT2D eigenvalue weighted by Crippen LogP contribution is -2.05. The van der Waals surface area contributed by atoms with E-state index in [1.165, 1.54) is 12.3 Å². The molecule has 0 aromatic carbocycles. The number of pyridine rings is 1. The highest BCUT2D eigenvalue weighted by molar-refractivity contribution is 5.11. The third kappa shape index (κ3) is 1.91. The Morgan fingerprint density at radius 2 is 2.36 bits per heavy atom. The van der Waals surface area contributed by atoms with Crippen LogP contribution in [0.2, 0.25) is 0 Å². The maximum absolute atomic E-state index is 10.6. The Morgan fingerprint density at radius 1 is 1.64 bits per heavy atom. The van der Waals surface area contributed by atoms with Crippen molar-refractivity contribution in [3.8, 4) is 0 Å². The summed E-state index contributed by atoms with van der Waals surface area (Å²) in [5.74, 6) is 0. The van der Waals surface area contributed by atoms with Gasteiger partial charge in [-0.1, -0.05) is 6.92 Å². The van der Waals surface area contributed by atoms with Crippen LogP contribution in [0, 0.1) is 0 Å². The van der Waals surface area contributed by atoms with Crippen molar-refractivity contribution in [2.75, 3.05) is 0 Å². The first-order chi connectivity index (χ1) is 5.24. The number of aromatic amines is 1. The number of nitrogens with one attached hydrogen (secondary N) is 1. The maximum Gasteiger partial charge on any atom is 0.247 e. The molecule has 11 heavy (non-hydrogen) atoms. The SMILES string of the molecule is CC[C@H](O)c1ccc(=O)[nH]c1. The smallest absolute Gasteiger partial charge is 0.247 e. The maximum atomic E-state index is 10.6. The third-order valence-corrected chi connectivity index (χ3v) is 1.58. The van der Waals surface area contributed by atoms with Gasteiger partial charge in [0.05, 0.1) is 6.10 Å². The first kappa shape index (κ1) is 8.01. The monoisotopic (exact) mass is 153 g/mol. The van der Waals surface area contributed by atoms with Gasteiger partial charge in [-0.15, -0.1) is 0 Å². The largest absolute Gasteiger partial charge is 0.388 e. The summed E-state index contributed by atoms with van der Waals surface area (Å²) in [5, 5.41) is 9.30. The summed E-state index contributed by atoms with van der Waals surface area (Å²) >= 11 is 0. The molecule has 0 amide bonds. The van der Waals surface area contributed by atoms with Gasteiger partial charge >= 0.3 is 0 Å². The third-order valence-electron chi connectivity index (χ3n) is 1.58. The second-order valence-corrected chi connectivity index (χ2v) is 2.41. The van der Waals surface area contributed by atoms with Crippen LogP contribution in [0.3, 0.4) is 0 Å². The molecule has 0 bridgehead atoms. The fourth-order valence-electron chi connectivity index (χ4n) is 0.866.